The van der Waals surface area contributed by atoms with Crippen molar-refractivity contribution >= 4 is 11.8 Å². The SMILES string of the molecule is CSc1ccc(C(F)(F)F)cc1. The van der Waals surface area contributed by atoms with Crippen LogP contribution in [0.1, 0.15) is 5.56 Å². The lowest BCUT2D eigenvalue weighted by Crippen LogP contribution is -2.03. The average molecular weight is 192 g/mol. The third-order valence-electron chi connectivity index (χ3n) is 1.42. The zero-order valence-electron chi connectivity index (χ0n) is 6.35. The smallest absolute Gasteiger partial charge is 0.166 e. The van der Waals surface area contributed by atoms with Gasteiger partial charge in [0.05, 0.1) is 5.56 Å². The molecule has 0 spiro atoms. The van der Waals surface area contributed by atoms with Crippen molar-refractivity contribution in [3.63, 3.8) is 0 Å². The second kappa shape index (κ2) is 3.39. The van der Waals surface area contributed by atoms with Crippen molar-refractivity contribution in [3.05, 3.63) is 29.8 Å². The second-order valence-corrected chi connectivity index (χ2v) is 3.11. The molecule has 0 atom stereocenters. The van der Waals surface area contributed by atoms with Gasteiger partial charge >= 0.3 is 6.18 Å². The van der Waals surface area contributed by atoms with Crippen molar-refractivity contribution < 1.29 is 13.2 Å². The summed E-state index contributed by atoms with van der Waals surface area (Å²) in [6, 6.07) is 5.11. The van der Waals surface area contributed by atoms with Gasteiger partial charge in [-0.3, -0.25) is 0 Å². The van der Waals surface area contributed by atoms with Crippen LogP contribution in [0.3, 0.4) is 0 Å². The zero-order valence-corrected chi connectivity index (χ0v) is 7.17. The van der Waals surface area contributed by atoms with Crippen molar-refractivity contribution in [2.45, 2.75) is 11.1 Å². The fraction of sp³-hybridized carbons (Fsp3) is 0.250. The summed E-state index contributed by atoms with van der Waals surface area (Å²) in [7, 11) is 0. The van der Waals surface area contributed by atoms with Crippen LogP contribution in [0.4, 0.5) is 13.2 Å². The largest absolute Gasteiger partial charge is 0.416 e. The number of halogens is 3. The molecular formula is C8H7F3S. The maximum Gasteiger partial charge on any atom is 0.416 e. The minimum Gasteiger partial charge on any atom is -0.166 e. The third-order valence-corrected chi connectivity index (χ3v) is 2.16. The van der Waals surface area contributed by atoms with Gasteiger partial charge in [0.2, 0.25) is 0 Å². The Bertz CT molecular complexity index is 250. The predicted molar refractivity (Wildman–Crippen MR) is 43.2 cm³/mol. The molecule has 66 valence electrons. The molecule has 0 bridgehead atoms. The first-order chi connectivity index (χ1) is 5.54. The van der Waals surface area contributed by atoms with Gasteiger partial charge in [-0.05, 0) is 30.5 Å². The van der Waals surface area contributed by atoms with Crippen molar-refractivity contribution in [2.75, 3.05) is 6.26 Å². The van der Waals surface area contributed by atoms with E-state index in [0.29, 0.717) is 0 Å². The summed E-state index contributed by atoms with van der Waals surface area (Å²) in [5.74, 6) is 0. The number of hydrogen-bond acceptors (Lipinski definition) is 1. The number of benzene rings is 1. The molecule has 1 rings (SSSR count). The van der Waals surface area contributed by atoms with E-state index in [1.54, 1.807) is 0 Å². The maximum absolute atomic E-state index is 12.0. The Kier molecular flexibility index (Phi) is 2.67. The fourth-order valence-corrected chi connectivity index (χ4v) is 1.19. The van der Waals surface area contributed by atoms with E-state index in [4.69, 9.17) is 0 Å². The van der Waals surface area contributed by atoms with Gasteiger partial charge in [-0.2, -0.15) is 13.2 Å². The Morgan fingerprint density at radius 2 is 1.58 bits per heavy atom. The maximum atomic E-state index is 12.0. The van der Waals surface area contributed by atoms with Crippen LogP contribution in [0, 0.1) is 0 Å². The van der Waals surface area contributed by atoms with E-state index in [1.807, 2.05) is 6.26 Å². The normalized spacial score (nSPS) is 11.7. The van der Waals surface area contributed by atoms with Gasteiger partial charge in [0.1, 0.15) is 0 Å². The molecule has 0 saturated carbocycles. The Morgan fingerprint density at radius 1 is 1.08 bits per heavy atom. The van der Waals surface area contributed by atoms with Gasteiger partial charge < -0.3 is 0 Å². The van der Waals surface area contributed by atoms with E-state index in [0.717, 1.165) is 17.0 Å². The molecule has 0 aliphatic heterocycles. The highest BCUT2D eigenvalue weighted by Gasteiger charge is 2.29. The van der Waals surface area contributed by atoms with Crippen LogP contribution in [-0.4, -0.2) is 6.26 Å². The lowest BCUT2D eigenvalue weighted by Gasteiger charge is -2.05. The Morgan fingerprint density at radius 3 is 1.92 bits per heavy atom. The quantitative estimate of drug-likeness (QED) is 0.614. The van der Waals surface area contributed by atoms with Crippen LogP contribution >= 0.6 is 11.8 Å². The highest BCUT2D eigenvalue weighted by molar-refractivity contribution is 7.98. The molecule has 0 radical (unpaired) electrons. The predicted octanol–water partition coefficient (Wildman–Crippen LogP) is 3.43. The summed E-state index contributed by atoms with van der Waals surface area (Å²) in [4.78, 5) is 0.836. The molecule has 1 aromatic carbocycles. The monoisotopic (exact) mass is 192 g/mol. The molecule has 0 aromatic heterocycles. The van der Waals surface area contributed by atoms with Crippen molar-refractivity contribution in [1.82, 2.24) is 0 Å². The average Bonchev–Trinajstić information content (AvgIpc) is 2.03. The molecule has 1 aromatic rings. The summed E-state index contributed by atoms with van der Waals surface area (Å²) in [6.45, 7) is 0. The highest BCUT2D eigenvalue weighted by Crippen LogP contribution is 2.30. The number of alkyl halides is 3. The first kappa shape index (κ1) is 9.45. The van der Waals surface area contributed by atoms with Gasteiger partial charge in [0.15, 0.2) is 0 Å². The number of hydrogen-bond donors (Lipinski definition) is 0. The minimum atomic E-state index is -4.23. The summed E-state index contributed by atoms with van der Waals surface area (Å²) in [5, 5.41) is 0. The minimum absolute atomic E-state index is 0.597. The molecule has 0 N–H and O–H groups in total. The number of rotatable bonds is 1. The van der Waals surface area contributed by atoms with E-state index in [-0.39, 0.29) is 0 Å². The summed E-state index contributed by atoms with van der Waals surface area (Å²) in [5.41, 5.74) is -0.597. The molecule has 0 nitrogen and oxygen atoms in total. The molecule has 0 fully saturated rings. The first-order valence-electron chi connectivity index (χ1n) is 3.25. The third kappa shape index (κ3) is 2.17. The van der Waals surface area contributed by atoms with Crippen LogP contribution in [-0.2, 0) is 6.18 Å². The summed E-state index contributed by atoms with van der Waals surface area (Å²) in [6.07, 6.45) is -2.40. The van der Waals surface area contributed by atoms with Gasteiger partial charge in [-0.15, -0.1) is 11.8 Å². The molecule has 0 saturated heterocycles. The number of thioether (sulfide) groups is 1. The van der Waals surface area contributed by atoms with Gasteiger partial charge in [0.25, 0.3) is 0 Å². The molecule has 0 unspecified atom stereocenters. The van der Waals surface area contributed by atoms with Crippen molar-refractivity contribution in [3.8, 4) is 0 Å². The van der Waals surface area contributed by atoms with Crippen LogP contribution in [0.2, 0.25) is 0 Å². The first-order valence-corrected chi connectivity index (χ1v) is 4.48. The van der Waals surface area contributed by atoms with E-state index >= 15 is 0 Å². The van der Waals surface area contributed by atoms with E-state index in [1.165, 1.54) is 23.9 Å². The molecule has 12 heavy (non-hydrogen) atoms. The van der Waals surface area contributed by atoms with Crippen LogP contribution in [0.5, 0.6) is 0 Å². The second-order valence-electron chi connectivity index (χ2n) is 2.23. The van der Waals surface area contributed by atoms with Crippen molar-refractivity contribution in [2.24, 2.45) is 0 Å². The standard InChI is InChI=1S/C8H7F3S/c1-12-7-4-2-6(3-5-7)8(9,10)11/h2-5H,1H3. The molecule has 0 heterocycles. The Labute approximate surface area is 72.8 Å². The Hall–Kier alpha value is -0.640. The topological polar surface area (TPSA) is 0 Å². The van der Waals surface area contributed by atoms with Gasteiger partial charge in [0, 0.05) is 4.90 Å². The van der Waals surface area contributed by atoms with E-state index < -0.39 is 11.7 Å². The molecule has 4 heteroatoms. The lowest BCUT2D eigenvalue weighted by molar-refractivity contribution is -0.137. The molecule has 0 aliphatic rings. The highest BCUT2D eigenvalue weighted by atomic mass is 32.2. The van der Waals surface area contributed by atoms with Crippen LogP contribution in [0.15, 0.2) is 29.2 Å². The zero-order chi connectivity index (χ0) is 9.19. The van der Waals surface area contributed by atoms with Crippen LogP contribution < -0.4 is 0 Å². The molecule has 0 aliphatic carbocycles. The molecular weight excluding hydrogens is 185 g/mol. The molecule has 0 amide bonds. The lowest BCUT2D eigenvalue weighted by atomic mass is 10.2. The fourth-order valence-electron chi connectivity index (χ4n) is 0.780. The van der Waals surface area contributed by atoms with E-state index in [2.05, 4.69) is 0 Å². The van der Waals surface area contributed by atoms with E-state index in [9.17, 15) is 13.2 Å². The van der Waals surface area contributed by atoms with Gasteiger partial charge in [-0.1, -0.05) is 0 Å². The van der Waals surface area contributed by atoms with Crippen LogP contribution in [0.25, 0.3) is 0 Å². The van der Waals surface area contributed by atoms with Gasteiger partial charge in [-0.25, -0.2) is 0 Å². The summed E-state index contributed by atoms with van der Waals surface area (Å²) >= 11 is 1.42. The van der Waals surface area contributed by atoms with Crippen molar-refractivity contribution in [1.29, 1.82) is 0 Å². The Balaban J connectivity index is 2.93. The summed E-state index contributed by atoms with van der Waals surface area (Å²) < 4.78 is 36.1.